The zero-order chi connectivity index (χ0) is 101. The molecule has 0 aliphatic carbocycles. The Morgan fingerprint density at radius 3 is 1.58 bits per heavy atom. The molecule has 3 fully saturated rings. The number of halogens is 5. The first-order chi connectivity index (χ1) is 65.8. The molecule has 0 bridgehead atoms. The largest absolute Gasteiger partial charge is 0.508 e. The first kappa shape index (κ1) is 112. The number of nitro benzene ring substituents is 1. The zero-order valence-corrected chi connectivity index (χ0v) is 88.4. The van der Waals surface area contributed by atoms with Crippen LogP contribution in [0.2, 0.25) is 0 Å². The minimum atomic E-state index is -0.586. The molecule has 3 aliphatic rings. The van der Waals surface area contributed by atoms with Crippen LogP contribution < -0.4 is 36.3 Å². The number of fused-ring (bicyclic) bond motifs is 3. The molecular weight excluding hydrogens is 2110 g/mol. The quantitative estimate of drug-likeness (QED) is 0.00886. The lowest BCUT2D eigenvalue weighted by Gasteiger charge is -2.36. The van der Waals surface area contributed by atoms with Crippen LogP contribution >= 0.6 is 79.6 Å². The Labute approximate surface area is 842 Å². The SMILES string of the molecule is CCN(c1cc2oc(CN3CCCCC3)cc2c(C(=O)NCc2c(OC)cc(C)[nH]c2=O)c1C)C1CCOCC1.CCOC(COc1cc(Br)c(C)c(C(=O)OC)c1)OCC.COC(=O)c1c(C)c(Br)cc2occc12.COC(=O)c1c(C)c(NC2CCOCC2)cc2occc12.COC(=O)c1cc(N)cc(Br)c1C.COC(=O)c1cc(O)cc(Br)c1C.COC(=O)c1cc([N+](=O)[O-])cc(Br)c1C. The highest BCUT2D eigenvalue weighted by molar-refractivity contribution is 9.11. The number of nitro groups is 1. The molecular formula is C100H118Br5N7O26. The summed E-state index contributed by atoms with van der Waals surface area (Å²) in [6, 6.07) is 26.2. The van der Waals surface area contributed by atoms with Crippen molar-refractivity contribution in [1.29, 1.82) is 0 Å². The number of hydrogen-bond acceptors (Lipinski definition) is 30. The van der Waals surface area contributed by atoms with Crippen LogP contribution in [0.15, 0.2) is 144 Å². The Bertz CT molecular complexity index is 6100. The van der Waals surface area contributed by atoms with Crippen molar-refractivity contribution in [3.05, 3.63) is 241 Å². The number of amides is 1. The molecule has 0 spiro atoms. The van der Waals surface area contributed by atoms with Gasteiger partial charge < -0.3 is 101 Å². The van der Waals surface area contributed by atoms with Gasteiger partial charge >= 0.3 is 35.8 Å². The standard InChI is InChI=1S/C31H42N4O5.C16H19NO4.C15H21BrO5.C11H9BrO3.C9H8BrNO4.C9H10BrNO2.C9H9BrO3/c1-5-35(22-9-13-39-14-10-22)26-17-28-24(16-23(40-28)19-34-11-7-6-8-12-34)29(21(26)3)31(37)32-18-25-27(38-4)15-20(2)33-30(25)36;1-10-13(17-11-3-6-20-7-4-11)9-14-12(5-8-21-14)15(10)16(18)19-2;1-5-19-14(20-6-2)9-21-11-7-12(15(17)18-4)10(3)13(16)8-11;1-6-8(12)5-9-7(3-4-15-9)10(6)11(13)14-2;1-5-7(9(12)15-2)3-6(11(13)14)4-8(5)10;2*1-5-7(9(12)13-2)3-6(11)4-8(5)10/h15-17,22H,5-14,18-19H2,1-4H3,(H,32,37)(H,33,36);5,8-9,11,17H,3-4,6-7H2,1-2H3;7-8,14H,5-6,9H2,1-4H3;3-5H,1-2H3;3-4H,1-2H3;3-4H,11H2,1-2H3;3-4,11H,1-2H3. The van der Waals surface area contributed by atoms with Crippen LogP contribution in [-0.4, -0.2) is 196 Å². The van der Waals surface area contributed by atoms with Gasteiger partial charge in [0.05, 0.1) is 125 Å². The molecule has 6 N–H and O–H groups in total. The van der Waals surface area contributed by atoms with Crippen molar-refractivity contribution in [1.82, 2.24) is 15.2 Å². The highest BCUT2D eigenvalue weighted by Gasteiger charge is 2.30. The maximum Gasteiger partial charge on any atom is 0.338 e. The number of likely N-dealkylation sites (tertiary alicyclic amines) is 1. The number of ether oxygens (including phenoxy) is 12. The number of nitrogens with zero attached hydrogens (tertiary/aromatic N) is 3. The van der Waals surface area contributed by atoms with Gasteiger partial charge in [-0.15, -0.1) is 0 Å². The number of esters is 6. The van der Waals surface area contributed by atoms with Crippen LogP contribution in [0, 0.1) is 65.5 Å². The van der Waals surface area contributed by atoms with E-state index in [1.807, 2.05) is 66.7 Å². The van der Waals surface area contributed by atoms with E-state index in [1.54, 1.807) is 75.8 Å². The van der Waals surface area contributed by atoms with Crippen LogP contribution in [0.3, 0.4) is 0 Å². The van der Waals surface area contributed by atoms with E-state index >= 15 is 0 Å². The maximum atomic E-state index is 13.9. The van der Waals surface area contributed by atoms with Crippen LogP contribution in [0.5, 0.6) is 17.2 Å². The second-order valence-electron chi connectivity index (χ2n) is 31.8. The molecule has 38 heteroatoms. The molecule has 138 heavy (non-hydrogen) atoms. The average molecular weight is 2230 g/mol. The minimum Gasteiger partial charge on any atom is -0.508 e. The molecule has 3 saturated heterocycles. The second-order valence-corrected chi connectivity index (χ2v) is 36.1. The fraction of sp³-hybridized carbons (Fsp3) is 0.400. The molecule has 7 heterocycles. The number of methoxy groups -OCH3 is 7. The number of furan rings is 3. The first-order valence-corrected chi connectivity index (χ1v) is 48.2. The van der Waals surface area contributed by atoms with Crippen molar-refractivity contribution < 1.29 is 114 Å². The number of nitrogens with one attached hydrogen (secondary N) is 3. The van der Waals surface area contributed by atoms with Crippen LogP contribution in [0.4, 0.5) is 22.7 Å². The van der Waals surface area contributed by atoms with Crippen molar-refractivity contribution in [3.63, 3.8) is 0 Å². The number of non-ortho nitro benzene ring substituents is 1. The van der Waals surface area contributed by atoms with E-state index in [1.165, 1.54) is 93.3 Å². The smallest absolute Gasteiger partial charge is 0.338 e. The van der Waals surface area contributed by atoms with Gasteiger partial charge in [0.25, 0.3) is 17.2 Å². The molecule has 4 aromatic heterocycles. The fourth-order valence-electron chi connectivity index (χ4n) is 15.4. The summed E-state index contributed by atoms with van der Waals surface area (Å²) in [6.07, 6.45) is 10.2. The lowest BCUT2D eigenvalue weighted by molar-refractivity contribution is -0.385. The topological polar surface area (TPSA) is 422 Å². The average Bonchev–Trinajstić information content (AvgIpc) is 1.59. The number of carbonyl (C=O) groups is 7. The van der Waals surface area contributed by atoms with Gasteiger partial charge in [-0.2, -0.15) is 0 Å². The highest BCUT2D eigenvalue weighted by Crippen LogP contribution is 2.39. The van der Waals surface area contributed by atoms with Crippen LogP contribution in [-0.2, 0) is 60.5 Å². The number of phenols is 1. The molecule has 0 atom stereocenters. The third-order valence-corrected chi connectivity index (χ3v) is 27.0. The Hall–Kier alpha value is -11.2. The van der Waals surface area contributed by atoms with Crippen molar-refractivity contribution >= 4 is 177 Å². The van der Waals surface area contributed by atoms with Crippen molar-refractivity contribution in [2.24, 2.45) is 0 Å². The van der Waals surface area contributed by atoms with E-state index < -0.39 is 29.1 Å². The first-order valence-electron chi connectivity index (χ1n) is 44.2. The Kier molecular flexibility index (Phi) is 44.2. The number of anilines is 3. The number of carbonyl (C=O) groups excluding carboxylic acids is 7. The van der Waals surface area contributed by atoms with Gasteiger partial charge in [0.2, 0.25) is 0 Å². The second kappa shape index (κ2) is 54.4. The molecule has 11 aromatic rings. The number of nitrogens with two attached hydrogens (primary N) is 1. The van der Waals surface area contributed by atoms with E-state index in [4.69, 9.17) is 61.6 Å². The monoisotopic (exact) mass is 2230 g/mol. The normalized spacial score (nSPS) is 13.0. The molecule has 33 nitrogen and oxygen atoms in total. The van der Waals surface area contributed by atoms with Crippen molar-refractivity contribution in [2.45, 2.75) is 153 Å². The number of piperidine rings is 1. The number of aromatic amines is 1. The summed E-state index contributed by atoms with van der Waals surface area (Å²) in [6.45, 7) is 28.7. The molecule has 1 amide bonds. The van der Waals surface area contributed by atoms with E-state index in [2.05, 4.69) is 132 Å². The molecule has 14 rings (SSSR count). The molecule has 744 valence electrons. The number of phenolic OH excluding ortho intramolecular Hbond substituents is 1. The molecule has 0 saturated carbocycles. The molecule has 0 unspecified atom stereocenters. The van der Waals surface area contributed by atoms with E-state index in [0.717, 1.165) is 158 Å². The van der Waals surface area contributed by atoms with Gasteiger partial charge in [0.1, 0.15) is 46.4 Å². The number of nitrogen functional groups attached to an aromatic ring is 1. The lowest BCUT2D eigenvalue weighted by atomic mass is 9.98. The van der Waals surface area contributed by atoms with Gasteiger partial charge in [0, 0.05) is 144 Å². The van der Waals surface area contributed by atoms with E-state index in [-0.39, 0.29) is 59.5 Å². The number of rotatable bonds is 25. The number of aromatic nitrogens is 1. The number of aromatic hydroxyl groups is 1. The third kappa shape index (κ3) is 29.9. The van der Waals surface area contributed by atoms with Crippen molar-refractivity contribution in [2.75, 3.05) is 132 Å². The summed E-state index contributed by atoms with van der Waals surface area (Å²) in [5.41, 5.74) is 19.7. The Morgan fingerprint density at radius 2 is 1.05 bits per heavy atom. The van der Waals surface area contributed by atoms with Gasteiger partial charge in [-0.1, -0.05) is 86.1 Å². The van der Waals surface area contributed by atoms with Gasteiger partial charge in [-0.05, 0) is 233 Å². The Balaban J connectivity index is 0.000000207. The molecule has 7 aromatic carbocycles. The highest BCUT2D eigenvalue weighted by atomic mass is 79.9. The number of benzene rings is 7. The van der Waals surface area contributed by atoms with E-state index in [0.29, 0.717) is 118 Å². The van der Waals surface area contributed by atoms with Crippen molar-refractivity contribution in [3.8, 4) is 17.2 Å². The summed E-state index contributed by atoms with van der Waals surface area (Å²) in [5, 5.41) is 28.7. The predicted molar refractivity (Wildman–Crippen MR) is 542 cm³/mol. The van der Waals surface area contributed by atoms with Gasteiger partial charge in [0.15, 0.2) is 6.29 Å². The maximum absolute atomic E-state index is 13.9. The van der Waals surface area contributed by atoms with Crippen LogP contribution in [0.1, 0.15) is 194 Å². The Morgan fingerprint density at radius 1 is 0.558 bits per heavy atom. The summed E-state index contributed by atoms with van der Waals surface area (Å²) >= 11 is 16.5. The van der Waals surface area contributed by atoms with Gasteiger partial charge in [-0.3, -0.25) is 24.6 Å². The molecule has 3 aliphatic heterocycles. The lowest BCUT2D eigenvalue weighted by Crippen LogP contribution is -2.40. The van der Waals surface area contributed by atoms with Gasteiger partial charge in [-0.25, -0.2) is 28.8 Å². The summed E-state index contributed by atoms with van der Waals surface area (Å²) in [5.74, 6) is -0.805. The molecule has 0 radical (unpaired) electrons. The summed E-state index contributed by atoms with van der Waals surface area (Å²) < 4.78 is 81.8. The summed E-state index contributed by atoms with van der Waals surface area (Å²) in [7, 11) is 9.53. The number of pyridine rings is 1. The fourth-order valence-corrected chi connectivity index (χ4v) is 17.6. The predicted octanol–water partition coefficient (Wildman–Crippen LogP) is 21.2. The number of H-pyrrole nitrogens is 1. The number of hydrogen-bond donors (Lipinski definition) is 5. The third-order valence-electron chi connectivity index (χ3n) is 22.9. The zero-order valence-electron chi connectivity index (χ0n) is 80.4. The van der Waals surface area contributed by atoms with Crippen LogP contribution in [0.25, 0.3) is 32.9 Å². The minimum absolute atomic E-state index is 0.0397. The summed E-state index contributed by atoms with van der Waals surface area (Å²) in [4.78, 5) is 113. The van der Waals surface area contributed by atoms with E-state index in [9.17, 15) is 53.6 Å². The number of aryl methyl sites for hydroxylation is 1.